The summed E-state index contributed by atoms with van der Waals surface area (Å²) in [6, 6.07) is 14.3. The van der Waals surface area contributed by atoms with Gasteiger partial charge >= 0.3 is 5.69 Å². The fraction of sp³-hybridized carbons (Fsp3) is 0.211. The fourth-order valence-corrected chi connectivity index (χ4v) is 2.86. The molecule has 0 fully saturated rings. The highest BCUT2D eigenvalue weighted by atomic mass is 16.2. The maximum Gasteiger partial charge on any atom is 0.329 e. The highest BCUT2D eigenvalue weighted by Gasteiger charge is 2.17. The summed E-state index contributed by atoms with van der Waals surface area (Å²) in [7, 11) is 1.65. The van der Waals surface area contributed by atoms with E-state index >= 15 is 0 Å². The Balaban J connectivity index is 1.97. The number of aryl methyl sites for hydroxylation is 1. The van der Waals surface area contributed by atoms with Crippen molar-refractivity contribution in [1.82, 2.24) is 9.55 Å². The van der Waals surface area contributed by atoms with Crippen LogP contribution in [0.15, 0.2) is 58.1 Å². The van der Waals surface area contributed by atoms with Crippen LogP contribution in [0.4, 0.5) is 5.69 Å². The molecule has 0 aliphatic carbocycles. The predicted molar refractivity (Wildman–Crippen MR) is 98.1 cm³/mol. The van der Waals surface area contributed by atoms with Crippen LogP contribution in [-0.2, 0) is 17.8 Å². The number of para-hydroxylation sites is 2. The Morgan fingerprint density at radius 3 is 2.52 bits per heavy atom. The summed E-state index contributed by atoms with van der Waals surface area (Å²) >= 11 is 0. The van der Waals surface area contributed by atoms with Gasteiger partial charge in [-0.05, 0) is 30.2 Å². The van der Waals surface area contributed by atoms with Crippen molar-refractivity contribution in [3.63, 3.8) is 0 Å². The minimum atomic E-state index is -0.589. The SMILES string of the molecule is CCc1ccccc1N(C)C(=O)Cn1c(=O)[nH]c2ccccc2c1=O. The summed E-state index contributed by atoms with van der Waals surface area (Å²) in [5, 5.41) is 0.381. The molecule has 25 heavy (non-hydrogen) atoms. The topological polar surface area (TPSA) is 75.2 Å². The second-order valence-corrected chi connectivity index (χ2v) is 5.80. The number of rotatable bonds is 4. The summed E-state index contributed by atoms with van der Waals surface area (Å²) in [6.45, 7) is 1.70. The van der Waals surface area contributed by atoms with Gasteiger partial charge in [-0.2, -0.15) is 0 Å². The van der Waals surface area contributed by atoms with Crippen LogP contribution in [-0.4, -0.2) is 22.5 Å². The molecule has 0 atom stereocenters. The number of likely N-dealkylation sites (N-methyl/N-ethyl adjacent to an activating group) is 1. The largest absolute Gasteiger partial charge is 0.329 e. The van der Waals surface area contributed by atoms with E-state index in [0.717, 1.165) is 22.2 Å². The van der Waals surface area contributed by atoms with E-state index in [-0.39, 0.29) is 12.5 Å². The smallest absolute Gasteiger partial charge is 0.314 e. The molecule has 0 unspecified atom stereocenters. The zero-order chi connectivity index (χ0) is 18.0. The highest BCUT2D eigenvalue weighted by molar-refractivity contribution is 5.93. The quantitative estimate of drug-likeness (QED) is 0.790. The number of nitrogens with zero attached hydrogens (tertiary/aromatic N) is 2. The first kappa shape index (κ1) is 16.7. The van der Waals surface area contributed by atoms with Gasteiger partial charge in [0.25, 0.3) is 5.56 Å². The zero-order valence-electron chi connectivity index (χ0n) is 14.2. The number of aromatic amines is 1. The molecule has 6 nitrogen and oxygen atoms in total. The fourth-order valence-electron chi connectivity index (χ4n) is 2.86. The number of carbonyl (C=O) groups is 1. The van der Waals surface area contributed by atoms with Crippen LogP contribution in [0, 0.1) is 0 Å². The number of hydrogen-bond donors (Lipinski definition) is 1. The highest BCUT2D eigenvalue weighted by Crippen LogP contribution is 2.19. The molecule has 1 amide bonds. The van der Waals surface area contributed by atoms with E-state index < -0.39 is 11.2 Å². The van der Waals surface area contributed by atoms with E-state index in [4.69, 9.17) is 0 Å². The van der Waals surface area contributed by atoms with Crippen molar-refractivity contribution in [3.8, 4) is 0 Å². The number of benzene rings is 2. The lowest BCUT2D eigenvalue weighted by Crippen LogP contribution is -2.41. The van der Waals surface area contributed by atoms with Crippen molar-refractivity contribution in [2.75, 3.05) is 11.9 Å². The molecule has 3 aromatic rings. The third-order valence-electron chi connectivity index (χ3n) is 4.29. The van der Waals surface area contributed by atoms with Crippen molar-refractivity contribution < 1.29 is 4.79 Å². The molecule has 0 saturated carbocycles. The van der Waals surface area contributed by atoms with Gasteiger partial charge in [-0.15, -0.1) is 0 Å². The van der Waals surface area contributed by atoms with Gasteiger partial charge in [-0.3, -0.25) is 14.2 Å². The molecule has 0 aliphatic heterocycles. The molecule has 1 N–H and O–H groups in total. The normalized spacial score (nSPS) is 10.8. The number of fused-ring (bicyclic) bond motifs is 1. The molecule has 0 aliphatic rings. The lowest BCUT2D eigenvalue weighted by molar-refractivity contribution is -0.119. The van der Waals surface area contributed by atoms with Crippen LogP contribution in [0.25, 0.3) is 10.9 Å². The predicted octanol–water partition coefficient (Wildman–Crippen LogP) is 1.92. The molecule has 0 saturated heterocycles. The summed E-state index contributed by atoms with van der Waals surface area (Å²) < 4.78 is 0.940. The maximum absolute atomic E-state index is 12.6. The van der Waals surface area contributed by atoms with Gasteiger partial charge in [-0.1, -0.05) is 37.3 Å². The molecule has 0 spiro atoms. The van der Waals surface area contributed by atoms with E-state index in [0.29, 0.717) is 10.9 Å². The van der Waals surface area contributed by atoms with Crippen LogP contribution >= 0.6 is 0 Å². The average molecular weight is 337 g/mol. The Morgan fingerprint density at radius 2 is 1.76 bits per heavy atom. The Bertz CT molecular complexity index is 1050. The summed E-state index contributed by atoms with van der Waals surface area (Å²) in [4.78, 5) is 41.5. The molecular formula is C19H19N3O3. The van der Waals surface area contributed by atoms with Crippen molar-refractivity contribution in [2.45, 2.75) is 19.9 Å². The molecule has 6 heteroatoms. The van der Waals surface area contributed by atoms with Gasteiger partial charge in [-0.25, -0.2) is 4.79 Å². The molecule has 1 heterocycles. The Kier molecular flexibility index (Phi) is 4.52. The molecule has 0 radical (unpaired) electrons. The number of carbonyl (C=O) groups excluding carboxylic acids is 1. The third kappa shape index (κ3) is 3.10. The first-order valence-corrected chi connectivity index (χ1v) is 8.09. The van der Waals surface area contributed by atoms with Gasteiger partial charge < -0.3 is 9.88 Å². The summed E-state index contributed by atoms with van der Waals surface area (Å²) in [5.41, 5.74) is 1.21. The van der Waals surface area contributed by atoms with Crippen LogP contribution < -0.4 is 16.1 Å². The number of hydrogen-bond acceptors (Lipinski definition) is 3. The van der Waals surface area contributed by atoms with Crippen LogP contribution in [0.1, 0.15) is 12.5 Å². The minimum absolute atomic E-state index is 0.312. The first-order chi connectivity index (χ1) is 12.0. The van der Waals surface area contributed by atoms with Crippen LogP contribution in [0.5, 0.6) is 0 Å². The molecule has 128 valence electrons. The van der Waals surface area contributed by atoms with Gasteiger partial charge in [0.15, 0.2) is 0 Å². The van der Waals surface area contributed by atoms with E-state index in [9.17, 15) is 14.4 Å². The summed E-state index contributed by atoms with van der Waals surface area (Å²) in [6.07, 6.45) is 0.782. The Hall–Kier alpha value is -3.15. The van der Waals surface area contributed by atoms with E-state index in [2.05, 4.69) is 4.98 Å². The number of nitrogens with one attached hydrogen (secondary N) is 1. The lowest BCUT2D eigenvalue weighted by Gasteiger charge is -2.20. The Labute approximate surface area is 144 Å². The second-order valence-electron chi connectivity index (χ2n) is 5.80. The molecule has 1 aromatic heterocycles. The first-order valence-electron chi connectivity index (χ1n) is 8.09. The molecule has 0 bridgehead atoms. The van der Waals surface area contributed by atoms with Crippen LogP contribution in [0.3, 0.4) is 0 Å². The van der Waals surface area contributed by atoms with Gasteiger partial charge in [0.2, 0.25) is 5.91 Å². The average Bonchev–Trinajstić information content (AvgIpc) is 2.64. The number of H-pyrrole nitrogens is 1. The van der Waals surface area contributed by atoms with Crippen molar-refractivity contribution >= 4 is 22.5 Å². The number of aromatic nitrogens is 2. The monoisotopic (exact) mass is 337 g/mol. The standard InChI is InChI=1S/C19H19N3O3/c1-3-13-8-4-7-11-16(13)21(2)17(23)12-22-18(24)14-9-5-6-10-15(14)20-19(22)25/h4-11H,3,12H2,1-2H3,(H,20,25). The van der Waals surface area contributed by atoms with Gasteiger partial charge in [0, 0.05) is 12.7 Å². The van der Waals surface area contributed by atoms with E-state index in [1.165, 1.54) is 4.90 Å². The minimum Gasteiger partial charge on any atom is -0.314 e. The van der Waals surface area contributed by atoms with Gasteiger partial charge in [0.05, 0.1) is 10.9 Å². The molecule has 2 aromatic carbocycles. The number of amides is 1. The van der Waals surface area contributed by atoms with Crippen LogP contribution in [0.2, 0.25) is 0 Å². The molecular weight excluding hydrogens is 318 g/mol. The number of anilines is 1. The van der Waals surface area contributed by atoms with E-state index in [1.54, 1.807) is 31.3 Å². The van der Waals surface area contributed by atoms with Crippen molar-refractivity contribution in [2.24, 2.45) is 0 Å². The van der Waals surface area contributed by atoms with E-state index in [1.807, 2.05) is 31.2 Å². The van der Waals surface area contributed by atoms with Crippen molar-refractivity contribution in [3.05, 3.63) is 74.9 Å². The lowest BCUT2D eigenvalue weighted by atomic mass is 10.1. The summed E-state index contributed by atoms with van der Waals surface area (Å²) in [5.74, 6) is -0.330. The Morgan fingerprint density at radius 1 is 1.08 bits per heavy atom. The zero-order valence-corrected chi connectivity index (χ0v) is 14.2. The second kappa shape index (κ2) is 6.76. The van der Waals surface area contributed by atoms with Gasteiger partial charge in [0.1, 0.15) is 6.54 Å². The third-order valence-corrected chi connectivity index (χ3v) is 4.29. The molecule has 3 rings (SSSR count). The van der Waals surface area contributed by atoms with Crippen molar-refractivity contribution in [1.29, 1.82) is 0 Å². The maximum atomic E-state index is 12.6.